The molecule has 0 spiro atoms. The molecule has 0 saturated heterocycles. The van der Waals surface area contributed by atoms with Crippen LogP contribution in [0.2, 0.25) is 0 Å². The standard InChI is InChI=1S/C36H51F3N2O12/c1-24(2)52-34(45)12-7-5-4-6-11-29-30(32(43)20-31(29)42)14-13-28(23-50-27-10-8-9-26(19-27)36(37,38)39)53-35(46)15-17-40-33(44)16-18-49-21-25(3)22-51-41(47)48/h4,6,8-10,13-14,19,24-25,28-32,42-43H,5,7,11-12,15-18,20-23H2,1-3H3,(H,40,44)/b6-4-,14-13+/t25?,28-,29-,30-,31+,32-/m1/s1. The fourth-order valence-corrected chi connectivity index (χ4v) is 5.39. The highest BCUT2D eigenvalue weighted by Gasteiger charge is 2.39. The number of amides is 1. The number of nitrogens with one attached hydrogen (secondary N) is 1. The molecular formula is C36H51F3N2O12. The molecule has 1 amide bonds. The van der Waals surface area contributed by atoms with E-state index in [2.05, 4.69) is 10.2 Å². The van der Waals surface area contributed by atoms with E-state index in [1.165, 1.54) is 18.2 Å². The van der Waals surface area contributed by atoms with E-state index in [1.807, 2.05) is 12.2 Å². The third-order valence-corrected chi connectivity index (χ3v) is 8.01. The molecule has 1 aliphatic carbocycles. The zero-order valence-electron chi connectivity index (χ0n) is 30.2. The predicted octanol–water partition coefficient (Wildman–Crippen LogP) is 4.74. The first-order valence-electron chi connectivity index (χ1n) is 17.5. The van der Waals surface area contributed by atoms with Gasteiger partial charge in [-0.1, -0.05) is 31.2 Å². The average Bonchev–Trinajstić information content (AvgIpc) is 3.35. The van der Waals surface area contributed by atoms with Crippen LogP contribution in [0, 0.1) is 27.9 Å². The van der Waals surface area contributed by atoms with Gasteiger partial charge < -0.3 is 39.3 Å². The van der Waals surface area contributed by atoms with Crippen molar-refractivity contribution in [1.29, 1.82) is 0 Å². The van der Waals surface area contributed by atoms with Gasteiger partial charge in [-0.05, 0) is 63.3 Å². The molecule has 0 aromatic heterocycles. The minimum absolute atomic E-state index is 0.0339. The maximum Gasteiger partial charge on any atom is 0.416 e. The van der Waals surface area contributed by atoms with E-state index in [0.717, 1.165) is 12.1 Å². The van der Waals surface area contributed by atoms with Gasteiger partial charge in [0.1, 0.15) is 19.0 Å². The van der Waals surface area contributed by atoms with Crippen molar-refractivity contribution < 1.29 is 66.6 Å². The van der Waals surface area contributed by atoms with Crippen LogP contribution in [0.25, 0.3) is 0 Å². The van der Waals surface area contributed by atoms with Crippen LogP contribution in [0.1, 0.15) is 71.3 Å². The van der Waals surface area contributed by atoms with Crippen LogP contribution in [0.4, 0.5) is 13.2 Å². The lowest BCUT2D eigenvalue weighted by molar-refractivity contribution is -0.759. The highest BCUT2D eigenvalue weighted by molar-refractivity contribution is 5.77. The first-order chi connectivity index (χ1) is 25.0. The van der Waals surface area contributed by atoms with Crippen LogP contribution < -0.4 is 10.1 Å². The average molecular weight is 761 g/mol. The number of carbonyl (C=O) groups excluding carboxylic acids is 3. The zero-order chi connectivity index (χ0) is 39.4. The Bertz CT molecular complexity index is 1360. The number of benzene rings is 1. The van der Waals surface area contributed by atoms with Gasteiger partial charge in [-0.2, -0.15) is 13.2 Å². The third kappa shape index (κ3) is 18.9. The van der Waals surface area contributed by atoms with Gasteiger partial charge in [0, 0.05) is 37.6 Å². The molecular weight excluding hydrogens is 709 g/mol. The number of unbranched alkanes of at least 4 members (excludes halogenated alkanes) is 1. The molecule has 0 heterocycles. The Morgan fingerprint density at radius 2 is 1.75 bits per heavy atom. The van der Waals surface area contributed by atoms with Crippen LogP contribution >= 0.6 is 0 Å². The molecule has 1 fully saturated rings. The highest BCUT2D eigenvalue weighted by Crippen LogP contribution is 2.36. The van der Waals surface area contributed by atoms with Gasteiger partial charge in [0.2, 0.25) is 5.91 Å². The molecule has 1 saturated carbocycles. The lowest BCUT2D eigenvalue weighted by Gasteiger charge is -2.21. The van der Waals surface area contributed by atoms with Crippen molar-refractivity contribution in [2.45, 2.75) is 96.3 Å². The Hall–Kier alpha value is -4.22. The Morgan fingerprint density at radius 3 is 2.45 bits per heavy atom. The number of halogens is 3. The SMILES string of the molecule is CC(COCCC(=O)NCCC(=O)O[C@H](/C=C/[C@@H]1[C@@H](C/C=C\CCCC(=O)OC(C)C)[C@@H](O)C[C@H]1O)COc1cccc(C(F)(F)F)c1)CO[N+](=O)[O-]. The first-order valence-corrected chi connectivity index (χ1v) is 17.5. The van der Waals surface area contributed by atoms with Crippen LogP contribution in [0.5, 0.6) is 5.75 Å². The van der Waals surface area contributed by atoms with Gasteiger partial charge in [-0.15, -0.1) is 10.1 Å². The molecule has 1 aromatic carbocycles. The van der Waals surface area contributed by atoms with Crippen molar-refractivity contribution in [3.05, 3.63) is 64.2 Å². The number of carbonyl (C=O) groups is 3. The maximum absolute atomic E-state index is 13.2. The van der Waals surface area contributed by atoms with E-state index >= 15 is 0 Å². The first kappa shape index (κ1) is 44.9. The fourth-order valence-electron chi connectivity index (χ4n) is 5.39. The van der Waals surface area contributed by atoms with E-state index in [4.69, 9.17) is 18.9 Å². The predicted molar refractivity (Wildman–Crippen MR) is 184 cm³/mol. The van der Waals surface area contributed by atoms with Gasteiger partial charge >= 0.3 is 18.1 Å². The molecule has 0 aliphatic heterocycles. The zero-order valence-corrected chi connectivity index (χ0v) is 30.2. The molecule has 1 aromatic rings. The van der Waals surface area contributed by atoms with Crippen molar-refractivity contribution in [3.63, 3.8) is 0 Å². The number of esters is 2. The van der Waals surface area contributed by atoms with Crippen LogP contribution in [-0.2, 0) is 39.6 Å². The number of rotatable bonds is 24. The minimum atomic E-state index is -4.60. The Morgan fingerprint density at radius 1 is 1.02 bits per heavy atom. The second-order valence-electron chi connectivity index (χ2n) is 13.0. The summed E-state index contributed by atoms with van der Waals surface area (Å²) >= 11 is 0. The molecule has 53 heavy (non-hydrogen) atoms. The molecule has 17 heteroatoms. The summed E-state index contributed by atoms with van der Waals surface area (Å²) in [7, 11) is 0. The molecule has 6 atom stereocenters. The summed E-state index contributed by atoms with van der Waals surface area (Å²) in [5.74, 6) is -2.76. The van der Waals surface area contributed by atoms with Crippen molar-refractivity contribution >= 4 is 17.8 Å². The van der Waals surface area contributed by atoms with Crippen LogP contribution in [0.15, 0.2) is 48.6 Å². The summed E-state index contributed by atoms with van der Waals surface area (Å²) in [5, 5.41) is 33.3. The van der Waals surface area contributed by atoms with E-state index in [9.17, 15) is 47.9 Å². The Labute approximate surface area is 306 Å². The second-order valence-corrected chi connectivity index (χ2v) is 13.0. The number of nitrogens with zero attached hydrogens (tertiary/aromatic N) is 1. The molecule has 1 unspecified atom stereocenters. The monoisotopic (exact) mass is 760 g/mol. The van der Waals surface area contributed by atoms with Gasteiger partial charge in [-0.25, -0.2) is 0 Å². The largest absolute Gasteiger partial charge is 0.489 e. The van der Waals surface area contributed by atoms with Crippen molar-refractivity contribution in [2.24, 2.45) is 17.8 Å². The quantitative estimate of drug-likeness (QED) is 0.0432. The summed E-state index contributed by atoms with van der Waals surface area (Å²) in [6.45, 7) is 4.79. The number of alkyl halides is 3. The van der Waals surface area contributed by atoms with Gasteiger partial charge in [-0.3, -0.25) is 14.4 Å². The van der Waals surface area contributed by atoms with Crippen molar-refractivity contribution in [1.82, 2.24) is 5.32 Å². The summed E-state index contributed by atoms with van der Waals surface area (Å²) in [4.78, 5) is 51.2. The minimum Gasteiger partial charge on any atom is -0.489 e. The normalized spacial score (nSPS) is 20.0. The molecule has 0 radical (unpaired) electrons. The van der Waals surface area contributed by atoms with Crippen molar-refractivity contribution in [3.8, 4) is 5.75 Å². The summed E-state index contributed by atoms with van der Waals surface area (Å²) in [5.41, 5.74) is -0.923. The number of aliphatic hydroxyl groups excluding tert-OH is 2. The number of allylic oxidation sites excluding steroid dienone is 2. The second kappa shape index (κ2) is 23.4. The van der Waals surface area contributed by atoms with Crippen LogP contribution in [-0.4, -0.2) is 90.5 Å². The molecule has 2 rings (SSSR count). The van der Waals surface area contributed by atoms with Gasteiger partial charge in [0.05, 0.1) is 43.5 Å². The number of hydrogen-bond donors (Lipinski definition) is 3. The third-order valence-electron chi connectivity index (χ3n) is 8.01. The van der Waals surface area contributed by atoms with Crippen LogP contribution in [0.3, 0.4) is 0 Å². The number of hydrogen-bond acceptors (Lipinski definition) is 12. The van der Waals surface area contributed by atoms with E-state index in [-0.39, 0.29) is 88.3 Å². The van der Waals surface area contributed by atoms with E-state index in [1.54, 1.807) is 26.8 Å². The Kier molecular flexibility index (Phi) is 19.9. The lowest BCUT2D eigenvalue weighted by atomic mass is 9.89. The smallest absolute Gasteiger partial charge is 0.416 e. The van der Waals surface area contributed by atoms with E-state index < -0.39 is 52.9 Å². The van der Waals surface area contributed by atoms with E-state index in [0.29, 0.717) is 19.3 Å². The topological polar surface area (TPSA) is 193 Å². The van der Waals surface area contributed by atoms with Gasteiger partial charge in [0.15, 0.2) is 6.10 Å². The summed E-state index contributed by atoms with van der Waals surface area (Å²) < 4.78 is 61.3. The summed E-state index contributed by atoms with van der Waals surface area (Å²) in [6, 6.07) is 4.21. The Balaban J connectivity index is 1.98. The number of aliphatic hydroxyl groups is 2. The molecule has 1 aliphatic rings. The maximum atomic E-state index is 13.2. The molecule has 0 bridgehead atoms. The number of ether oxygens (including phenoxy) is 4. The molecule has 14 nitrogen and oxygen atoms in total. The van der Waals surface area contributed by atoms with Gasteiger partial charge in [0.25, 0.3) is 5.09 Å². The highest BCUT2D eigenvalue weighted by atomic mass is 19.4. The molecule has 3 N–H and O–H groups in total. The van der Waals surface area contributed by atoms with Crippen molar-refractivity contribution in [2.75, 3.05) is 33.0 Å². The fraction of sp³-hybridized carbons (Fsp3) is 0.639. The summed E-state index contributed by atoms with van der Waals surface area (Å²) in [6.07, 6.45) is 0.894. The molecule has 298 valence electrons. The lowest BCUT2D eigenvalue weighted by Crippen LogP contribution is -2.30.